The molecule has 4 nitrogen and oxygen atoms in total. The topological polar surface area (TPSA) is 24.9 Å². The molecule has 2 aliphatic carbocycles. The molecule has 0 bridgehead atoms. The molecule has 4 aliphatic rings. The zero-order valence-electron chi connectivity index (χ0n) is 40.3. The van der Waals surface area contributed by atoms with Crippen LogP contribution in [0, 0.1) is 0 Å². The summed E-state index contributed by atoms with van der Waals surface area (Å²) in [7, 11) is 0. The van der Waals surface area contributed by atoms with Crippen LogP contribution in [0.2, 0.25) is 0 Å². The van der Waals surface area contributed by atoms with Crippen LogP contribution < -0.4 is 35.7 Å². The van der Waals surface area contributed by atoms with E-state index in [-0.39, 0.29) is 23.0 Å². The van der Waals surface area contributed by atoms with Crippen LogP contribution in [0.3, 0.4) is 0 Å². The quantitative estimate of drug-likeness (QED) is 0.155. The first kappa shape index (κ1) is 41.4. The molecule has 0 aromatic heterocycles. The first-order valence-corrected chi connectivity index (χ1v) is 24.4. The SMILES string of the molecule is CC(C)(C)c1cc2c3c(c1)Oc1cc4c(cc1B3c1cc3c(cc1O2)-c1ccc(N(c2ccccc2)c2ccccc2)cc1C3(C)C)C(C)(C)c1cc(N(c2ccccc2)c2ccccc2)ccc1-4. The summed E-state index contributed by atoms with van der Waals surface area (Å²) in [6.45, 7) is 16.3. The number of para-hydroxylation sites is 4. The first-order valence-electron chi connectivity index (χ1n) is 24.4. The van der Waals surface area contributed by atoms with Crippen molar-refractivity contribution in [1.82, 2.24) is 0 Å². The summed E-state index contributed by atoms with van der Waals surface area (Å²) in [5, 5.41) is 0. The molecule has 5 heteroatoms. The van der Waals surface area contributed by atoms with Crippen molar-refractivity contribution < 1.29 is 9.47 Å². The van der Waals surface area contributed by atoms with Gasteiger partial charge in [0.2, 0.25) is 0 Å². The maximum absolute atomic E-state index is 7.16. The van der Waals surface area contributed by atoms with Gasteiger partial charge in [-0.3, -0.25) is 0 Å². The lowest BCUT2D eigenvalue weighted by molar-refractivity contribution is 0.458. The van der Waals surface area contributed by atoms with Crippen LogP contribution in [-0.2, 0) is 16.2 Å². The monoisotopic (exact) mass is 892 g/mol. The summed E-state index contributed by atoms with van der Waals surface area (Å²) in [5.41, 5.74) is 21.0. The number of rotatable bonds is 6. The standard InChI is InChI=1S/C64H53BN2O2/c1-62(2,3)40-32-59-61-60(33-40)69-58-37-50-48-31-29-46(67(43-24-16-10-17-25-43)44-26-18-11-19-27-44)35-52(48)64(6,7)54(50)39-56(58)65(61)55-38-53-49(36-57(55)68-59)47-30-28-45(34-51(47)63(53,4)5)66(41-20-12-8-13-21-41)42-22-14-9-15-23-42/h8-39H,1-7H3. The molecule has 0 saturated carbocycles. The highest BCUT2D eigenvalue weighted by Crippen LogP contribution is 2.55. The van der Waals surface area contributed by atoms with E-state index in [9.17, 15) is 0 Å². The van der Waals surface area contributed by atoms with Gasteiger partial charge in [-0.25, -0.2) is 0 Å². The fourth-order valence-electron chi connectivity index (χ4n) is 11.8. The maximum Gasteiger partial charge on any atom is 0.260 e. The van der Waals surface area contributed by atoms with Crippen LogP contribution in [0.4, 0.5) is 34.1 Å². The van der Waals surface area contributed by atoms with Crippen LogP contribution in [0.5, 0.6) is 23.0 Å². The summed E-state index contributed by atoms with van der Waals surface area (Å²) < 4.78 is 14.3. The molecular formula is C64H53BN2O2. The zero-order chi connectivity index (χ0) is 47.0. The minimum Gasteiger partial charge on any atom is -0.458 e. The van der Waals surface area contributed by atoms with Gasteiger partial charge in [0.15, 0.2) is 0 Å². The van der Waals surface area contributed by atoms with E-state index in [1.807, 2.05) is 0 Å². The molecule has 69 heavy (non-hydrogen) atoms. The van der Waals surface area contributed by atoms with Crippen LogP contribution >= 0.6 is 0 Å². The molecule has 0 N–H and O–H groups in total. The lowest BCUT2D eigenvalue weighted by atomic mass is 9.34. The van der Waals surface area contributed by atoms with Gasteiger partial charge in [0.05, 0.1) is 0 Å². The summed E-state index contributed by atoms with van der Waals surface area (Å²) in [5.74, 6) is 3.58. The van der Waals surface area contributed by atoms with E-state index in [4.69, 9.17) is 9.47 Å². The van der Waals surface area contributed by atoms with Crippen molar-refractivity contribution in [2.45, 2.75) is 64.7 Å². The van der Waals surface area contributed by atoms with Crippen molar-refractivity contribution in [2.24, 2.45) is 0 Å². The van der Waals surface area contributed by atoms with Crippen LogP contribution in [0.15, 0.2) is 194 Å². The Bertz CT molecular complexity index is 3240. The van der Waals surface area contributed by atoms with Gasteiger partial charge in [-0.15, -0.1) is 0 Å². The highest BCUT2D eigenvalue weighted by Gasteiger charge is 2.47. The number of hydrogen-bond donors (Lipinski definition) is 0. The number of benzene rings is 9. The van der Waals surface area contributed by atoms with Gasteiger partial charge >= 0.3 is 0 Å². The first-order chi connectivity index (χ1) is 33.3. The molecule has 0 fully saturated rings. The van der Waals surface area contributed by atoms with E-state index in [0.717, 1.165) is 62.6 Å². The second-order valence-corrected chi connectivity index (χ2v) is 21.4. The third-order valence-corrected chi connectivity index (χ3v) is 15.5. The van der Waals surface area contributed by atoms with Crippen LogP contribution in [-0.4, -0.2) is 6.71 Å². The predicted molar refractivity (Wildman–Crippen MR) is 287 cm³/mol. The molecule has 2 aliphatic heterocycles. The van der Waals surface area contributed by atoms with Gasteiger partial charge in [0, 0.05) is 50.4 Å². The van der Waals surface area contributed by atoms with Gasteiger partial charge < -0.3 is 19.3 Å². The van der Waals surface area contributed by atoms with Crippen molar-refractivity contribution in [2.75, 3.05) is 9.80 Å². The van der Waals surface area contributed by atoms with E-state index >= 15 is 0 Å². The molecule has 0 saturated heterocycles. The van der Waals surface area contributed by atoms with Gasteiger partial charge in [-0.1, -0.05) is 146 Å². The lowest BCUT2D eigenvalue weighted by Gasteiger charge is -2.36. The minimum atomic E-state index is -0.283. The molecule has 0 spiro atoms. The van der Waals surface area contributed by atoms with Gasteiger partial charge in [0.1, 0.15) is 23.0 Å². The van der Waals surface area contributed by atoms with Crippen molar-refractivity contribution >= 4 is 57.2 Å². The number of hydrogen-bond acceptors (Lipinski definition) is 4. The summed E-state index contributed by atoms with van der Waals surface area (Å²) in [6.07, 6.45) is 0. The third kappa shape index (κ3) is 6.29. The average Bonchev–Trinajstić information content (AvgIpc) is 3.71. The van der Waals surface area contributed by atoms with Gasteiger partial charge in [-0.2, -0.15) is 0 Å². The van der Waals surface area contributed by atoms with E-state index in [2.05, 4.69) is 252 Å². The van der Waals surface area contributed by atoms with Crippen LogP contribution in [0.1, 0.15) is 76.3 Å². The minimum absolute atomic E-state index is 0.0874. The van der Waals surface area contributed by atoms with Gasteiger partial charge in [0.25, 0.3) is 6.71 Å². The number of anilines is 6. The Morgan fingerprint density at radius 2 is 0.710 bits per heavy atom. The molecule has 0 atom stereocenters. The Kier molecular flexibility index (Phi) is 8.93. The van der Waals surface area contributed by atoms with Crippen molar-refractivity contribution in [3.05, 3.63) is 222 Å². The van der Waals surface area contributed by atoms with Crippen molar-refractivity contribution in [3.8, 4) is 45.3 Å². The smallest absolute Gasteiger partial charge is 0.260 e. The van der Waals surface area contributed by atoms with Crippen molar-refractivity contribution in [3.63, 3.8) is 0 Å². The summed E-state index contributed by atoms with van der Waals surface area (Å²) in [6, 6.07) is 70.9. The zero-order valence-corrected chi connectivity index (χ0v) is 40.3. The van der Waals surface area contributed by atoms with Gasteiger partial charge in [-0.05, 0) is 163 Å². The molecule has 0 amide bonds. The summed E-state index contributed by atoms with van der Waals surface area (Å²) in [4.78, 5) is 4.72. The second-order valence-electron chi connectivity index (χ2n) is 21.4. The number of nitrogens with zero attached hydrogens (tertiary/aromatic N) is 2. The molecule has 0 unspecified atom stereocenters. The average molecular weight is 893 g/mol. The molecule has 9 aromatic carbocycles. The Labute approximate surface area is 406 Å². The highest BCUT2D eigenvalue weighted by atomic mass is 16.5. The third-order valence-electron chi connectivity index (χ3n) is 15.5. The molecule has 9 aromatic rings. The fraction of sp³-hybridized carbons (Fsp3) is 0.156. The summed E-state index contributed by atoms with van der Waals surface area (Å²) >= 11 is 0. The Balaban J connectivity index is 0.955. The molecule has 13 rings (SSSR count). The number of fused-ring (bicyclic) bond motifs is 10. The van der Waals surface area contributed by atoms with E-state index < -0.39 is 0 Å². The lowest BCUT2D eigenvalue weighted by Crippen LogP contribution is -2.58. The van der Waals surface area contributed by atoms with E-state index in [0.29, 0.717) is 0 Å². The fourth-order valence-corrected chi connectivity index (χ4v) is 11.8. The molecular weight excluding hydrogens is 840 g/mol. The molecule has 2 heterocycles. The van der Waals surface area contributed by atoms with E-state index in [1.54, 1.807) is 0 Å². The maximum atomic E-state index is 7.16. The molecule has 0 radical (unpaired) electrons. The largest absolute Gasteiger partial charge is 0.458 e. The second kappa shape index (κ2) is 14.9. The number of ether oxygens (including phenoxy) is 2. The van der Waals surface area contributed by atoms with E-state index in [1.165, 1.54) is 61.0 Å². The predicted octanol–water partition coefficient (Wildman–Crippen LogP) is 15.3. The highest BCUT2D eigenvalue weighted by molar-refractivity contribution is 6.98. The van der Waals surface area contributed by atoms with Crippen molar-refractivity contribution in [1.29, 1.82) is 0 Å². The Morgan fingerprint density at radius 3 is 1.06 bits per heavy atom. The Hall–Kier alpha value is -7.76. The molecule has 334 valence electrons. The van der Waals surface area contributed by atoms with Crippen LogP contribution in [0.25, 0.3) is 22.3 Å². The normalized spacial score (nSPS) is 14.7. The Morgan fingerprint density at radius 1 is 0.362 bits per heavy atom.